The van der Waals surface area contributed by atoms with Crippen LogP contribution in [0.4, 0.5) is 11.4 Å². The summed E-state index contributed by atoms with van der Waals surface area (Å²) in [5.74, 6) is -0.273. The number of hydrogen-bond donors (Lipinski definition) is 1. The fourth-order valence-electron chi connectivity index (χ4n) is 2.81. The Hall–Kier alpha value is -3.68. The average molecular weight is 368 g/mol. The van der Waals surface area contributed by atoms with Gasteiger partial charge in [0.2, 0.25) is 0 Å². The maximum absolute atomic E-state index is 12.6. The molecule has 0 aliphatic carbocycles. The van der Waals surface area contributed by atoms with Gasteiger partial charge in [0.25, 0.3) is 11.6 Å². The van der Waals surface area contributed by atoms with E-state index in [-0.39, 0.29) is 22.5 Å². The molecule has 1 aromatic heterocycles. The van der Waals surface area contributed by atoms with Crippen LogP contribution in [-0.4, -0.2) is 17.9 Å². The van der Waals surface area contributed by atoms with Crippen molar-refractivity contribution in [1.82, 2.24) is 0 Å². The summed E-state index contributed by atoms with van der Waals surface area (Å²) in [6, 6.07) is 9.29. The summed E-state index contributed by atoms with van der Waals surface area (Å²) < 4.78 is 10.3. The van der Waals surface area contributed by atoms with Crippen LogP contribution in [0.15, 0.2) is 45.6 Å². The zero-order valence-electron chi connectivity index (χ0n) is 14.9. The van der Waals surface area contributed by atoms with Crippen molar-refractivity contribution >= 4 is 28.3 Å². The third-order valence-electron chi connectivity index (χ3n) is 4.08. The molecule has 0 saturated carbocycles. The van der Waals surface area contributed by atoms with Gasteiger partial charge >= 0.3 is 5.63 Å². The van der Waals surface area contributed by atoms with Gasteiger partial charge in [-0.1, -0.05) is 6.07 Å². The van der Waals surface area contributed by atoms with E-state index in [4.69, 9.17) is 9.15 Å². The number of rotatable bonds is 4. The lowest BCUT2D eigenvalue weighted by molar-refractivity contribution is -0.384. The molecule has 3 aromatic rings. The van der Waals surface area contributed by atoms with Crippen molar-refractivity contribution in [3.63, 3.8) is 0 Å². The maximum atomic E-state index is 12.6. The molecule has 0 spiro atoms. The van der Waals surface area contributed by atoms with Gasteiger partial charge in [0.05, 0.1) is 12.0 Å². The monoisotopic (exact) mass is 368 g/mol. The Morgan fingerprint density at radius 1 is 1.19 bits per heavy atom. The summed E-state index contributed by atoms with van der Waals surface area (Å²) in [6.07, 6.45) is 0. The van der Waals surface area contributed by atoms with E-state index >= 15 is 0 Å². The number of ether oxygens (including phenoxy) is 1. The highest BCUT2D eigenvalue weighted by molar-refractivity contribution is 6.07. The topological polar surface area (TPSA) is 112 Å². The van der Waals surface area contributed by atoms with Gasteiger partial charge in [-0.3, -0.25) is 14.9 Å². The van der Waals surface area contributed by atoms with Crippen molar-refractivity contribution in [2.24, 2.45) is 0 Å². The molecular weight excluding hydrogens is 352 g/mol. The number of nitrogens with zero attached hydrogens (tertiary/aromatic N) is 1. The molecule has 8 heteroatoms. The van der Waals surface area contributed by atoms with Crippen LogP contribution in [0.1, 0.15) is 21.5 Å². The first kappa shape index (κ1) is 18.1. The normalized spacial score (nSPS) is 10.6. The van der Waals surface area contributed by atoms with E-state index in [1.54, 1.807) is 32.0 Å². The maximum Gasteiger partial charge on any atom is 0.349 e. The second-order valence-corrected chi connectivity index (χ2v) is 6.04. The van der Waals surface area contributed by atoms with Crippen molar-refractivity contribution in [2.75, 3.05) is 12.4 Å². The zero-order chi connectivity index (χ0) is 19.7. The summed E-state index contributed by atoms with van der Waals surface area (Å²) in [4.78, 5) is 35.5. The molecule has 138 valence electrons. The Labute approximate surface area is 153 Å². The fraction of sp³-hybridized carbons (Fsp3) is 0.158. The van der Waals surface area contributed by atoms with Crippen molar-refractivity contribution < 1.29 is 18.9 Å². The number of benzene rings is 2. The Morgan fingerprint density at radius 3 is 2.59 bits per heavy atom. The number of nitro groups is 1. The Morgan fingerprint density at radius 2 is 1.93 bits per heavy atom. The minimum absolute atomic E-state index is 0.0461. The van der Waals surface area contributed by atoms with Crippen molar-refractivity contribution in [2.45, 2.75) is 13.8 Å². The quantitative estimate of drug-likeness (QED) is 0.428. The van der Waals surface area contributed by atoms with E-state index in [1.807, 2.05) is 0 Å². The number of anilines is 1. The van der Waals surface area contributed by atoms with E-state index in [1.165, 1.54) is 25.3 Å². The largest absolute Gasteiger partial charge is 0.497 e. The van der Waals surface area contributed by atoms with E-state index < -0.39 is 16.5 Å². The molecule has 3 rings (SSSR count). The molecule has 0 fully saturated rings. The van der Waals surface area contributed by atoms with Gasteiger partial charge < -0.3 is 14.5 Å². The smallest absolute Gasteiger partial charge is 0.349 e. The highest BCUT2D eigenvalue weighted by Crippen LogP contribution is 2.30. The number of aryl methyl sites for hydroxylation is 2. The fourth-order valence-corrected chi connectivity index (χ4v) is 2.81. The van der Waals surface area contributed by atoms with Gasteiger partial charge in [0, 0.05) is 17.5 Å². The van der Waals surface area contributed by atoms with Gasteiger partial charge in [-0.2, -0.15) is 0 Å². The molecule has 27 heavy (non-hydrogen) atoms. The van der Waals surface area contributed by atoms with Gasteiger partial charge in [-0.05, 0) is 43.2 Å². The number of fused-ring (bicyclic) bond motifs is 1. The number of hydrogen-bond acceptors (Lipinski definition) is 6. The van der Waals surface area contributed by atoms with Crippen LogP contribution in [0.2, 0.25) is 0 Å². The van der Waals surface area contributed by atoms with Gasteiger partial charge in [0.1, 0.15) is 22.6 Å². The molecular formula is C19H16N2O6. The number of nitro benzene ring substituents is 1. The highest BCUT2D eigenvalue weighted by atomic mass is 16.6. The number of methoxy groups -OCH3 is 1. The summed E-state index contributed by atoms with van der Waals surface area (Å²) in [5, 5.41) is 14.3. The van der Waals surface area contributed by atoms with E-state index in [2.05, 4.69) is 5.32 Å². The first-order chi connectivity index (χ1) is 12.8. The van der Waals surface area contributed by atoms with Crippen molar-refractivity contribution in [3.05, 3.63) is 73.6 Å². The summed E-state index contributed by atoms with van der Waals surface area (Å²) in [5.41, 5.74) is 0.193. The molecule has 0 aliphatic rings. The standard InChI is InChI=1S/C19H16N2O6/c1-10-6-11(2)17(15(7-10)21(24)25)20-18(22)14-8-12-4-5-13(26-3)9-16(12)27-19(14)23/h4-9H,1-3H3,(H,20,22). The van der Waals surface area contributed by atoms with Gasteiger partial charge in [-0.25, -0.2) is 4.79 Å². The number of carbonyl (C=O) groups is 1. The minimum Gasteiger partial charge on any atom is -0.497 e. The van der Waals surface area contributed by atoms with Crippen LogP contribution in [0.25, 0.3) is 11.0 Å². The molecule has 0 aliphatic heterocycles. The van der Waals surface area contributed by atoms with Crippen LogP contribution in [0, 0.1) is 24.0 Å². The molecule has 1 N–H and O–H groups in total. The summed E-state index contributed by atoms with van der Waals surface area (Å²) in [6.45, 7) is 3.36. The van der Waals surface area contributed by atoms with E-state index in [0.717, 1.165) is 0 Å². The lowest BCUT2D eigenvalue weighted by Gasteiger charge is -2.10. The highest BCUT2D eigenvalue weighted by Gasteiger charge is 2.22. The molecule has 0 radical (unpaired) electrons. The van der Waals surface area contributed by atoms with Crippen LogP contribution >= 0.6 is 0 Å². The Balaban J connectivity index is 2.04. The number of carbonyl (C=O) groups excluding carboxylic acids is 1. The van der Waals surface area contributed by atoms with Crippen LogP contribution < -0.4 is 15.7 Å². The molecule has 0 unspecified atom stereocenters. The molecule has 0 atom stereocenters. The second kappa shape index (κ2) is 6.91. The van der Waals surface area contributed by atoms with Gasteiger partial charge in [0.15, 0.2) is 0 Å². The zero-order valence-corrected chi connectivity index (χ0v) is 14.9. The third-order valence-corrected chi connectivity index (χ3v) is 4.08. The van der Waals surface area contributed by atoms with Crippen LogP contribution in [0.3, 0.4) is 0 Å². The molecule has 1 heterocycles. The third kappa shape index (κ3) is 3.50. The molecule has 0 saturated heterocycles. The molecule has 8 nitrogen and oxygen atoms in total. The molecule has 2 aromatic carbocycles. The average Bonchev–Trinajstić information content (AvgIpc) is 2.62. The minimum atomic E-state index is -0.847. The number of nitrogens with one attached hydrogen (secondary N) is 1. The predicted molar refractivity (Wildman–Crippen MR) is 99.6 cm³/mol. The lowest BCUT2D eigenvalue weighted by atomic mass is 10.1. The Kier molecular flexibility index (Phi) is 4.64. The molecule has 0 bridgehead atoms. The van der Waals surface area contributed by atoms with Crippen molar-refractivity contribution in [1.29, 1.82) is 0 Å². The predicted octanol–water partition coefficient (Wildman–Crippen LogP) is 3.58. The Bertz CT molecular complexity index is 1130. The summed E-state index contributed by atoms with van der Waals surface area (Å²) >= 11 is 0. The van der Waals surface area contributed by atoms with Crippen LogP contribution in [-0.2, 0) is 0 Å². The van der Waals surface area contributed by atoms with E-state index in [9.17, 15) is 19.7 Å². The number of amides is 1. The SMILES string of the molecule is COc1ccc2cc(C(=O)Nc3c(C)cc(C)cc3[N+](=O)[O-])c(=O)oc2c1. The van der Waals surface area contributed by atoms with Gasteiger partial charge in [-0.15, -0.1) is 0 Å². The second-order valence-electron chi connectivity index (χ2n) is 6.04. The lowest BCUT2D eigenvalue weighted by Crippen LogP contribution is -2.21. The summed E-state index contributed by atoms with van der Waals surface area (Å²) in [7, 11) is 1.48. The van der Waals surface area contributed by atoms with E-state index in [0.29, 0.717) is 22.3 Å². The molecule has 1 amide bonds. The van der Waals surface area contributed by atoms with Crippen molar-refractivity contribution in [3.8, 4) is 5.75 Å². The first-order valence-corrected chi connectivity index (χ1v) is 7.99. The van der Waals surface area contributed by atoms with Crippen LogP contribution in [0.5, 0.6) is 5.75 Å². The first-order valence-electron chi connectivity index (χ1n) is 7.99.